The fourth-order valence-electron chi connectivity index (χ4n) is 4.86. The van der Waals surface area contributed by atoms with Crippen LogP contribution in [0.2, 0.25) is 5.02 Å². The van der Waals surface area contributed by atoms with E-state index in [9.17, 15) is 10.1 Å². The summed E-state index contributed by atoms with van der Waals surface area (Å²) in [5.74, 6) is 5.34. The fourth-order valence-corrected chi connectivity index (χ4v) is 5.05. The van der Waals surface area contributed by atoms with Crippen molar-refractivity contribution in [3.05, 3.63) is 59.4 Å². The summed E-state index contributed by atoms with van der Waals surface area (Å²) >= 11 is 6.33. The van der Waals surface area contributed by atoms with E-state index in [1.54, 1.807) is 38.8 Å². The smallest absolute Gasteiger partial charge is 0.246 e. The van der Waals surface area contributed by atoms with Crippen molar-refractivity contribution in [3.8, 4) is 17.9 Å². The molecule has 1 aliphatic heterocycles. The molecule has 1 amide bonds. The van der Waals surface area contributed by atoms with E-state index in [0.29, 0.717) is 47.1 Å². The summed E-state index contributed by atoms with van der Waals surface area (Å²) in [4.78, 5) is 22.5. The van der Waals surface area contributed by atoms with Gasteiger partial charge in [-0.25, -0.2) is 14.4 Å². The summed E-state index contributed by atoms with van der Waals surface area (Å²) in [6.45, 7) is 6.37. The molecule has 1 aliphatic rings. The summed E-state index contributed by atoms with van der Waals surface area (Å²) < 4.78 is 18.5. The van der Waals surface area contributed by atoms with Crippen LogP contribution in [0.15, 0.2) is 37.3 Å². The first kappa shape index (κ1) is 24.3. The molecule has 0 bridgehead atoms. The van der Waals surface area contributed by atoms with Crippen molar-refractivity contribution in [1.82, 2.24) is 29.2 Å². The van der Waals surface area contributed by atoms with Crippen LogP contribution in [-0.4, -0.2) is 47.7 Å². The molecule has 4 heterocycles. The van der Waals surface area contributed by atoms with Crippen LogP contribution in [0, 0.1) is 29.0 Å². The number of imidazole rings is 1. The molecule has 2 atom stereocenters. The highest BCUT2D eigenvalue weighted by atomic mass is 35.5. The minimum absolute atomic E-state index is 0.0984. The molecule has 9 nitrogen and oxygen atoms in total. The van der Waals surface area contributed by atoms with Crippen LogP contribution in [-0.2, 0) is 11.3 Å². The number of nitrogens with two attached hydrogens (primary N) is 1. The zero-order valence-corrected chi connectivity index (χ0v) is 20.7. The molecule has 3 aromatic heterocycles. The molecule has 0 saturated carbocycles. The number of halogens is 2. The van der Waals surface area contributed by atoms with Crippen molar-refractivity contribution in [3.63, 3.8) is 0 Å². The first-order valence-electron chi connectivity index (χ1n) is 11.6. The predicted octanol–water partition coefficient (Wildman–Crippen LogP) is 3.82. The monoisotopic (exact) mass is 516 g/mol. The number of nitrogens with zero attached hydrogens (tertiary/aromatic N) is 7. The number of rotatable bonds is 4. The van der Waals surface area contributed by atoms with Gasteiger partial charge in [-0.1, -0.05) is 24.1 Å². The number of carbonyl (C=O) groups excluding carboxylic acids is 1. The third kappa shape index (κ3) is 4.05. The van der Waals surface area contributed by atoms with Crippen molar-refractivity contribution in [2.45, 2.75) is 38.4 Å². The Bertz CT molecular complexity index is 1670. The van der Waals surface area contributed by atoms with Crippen molar-refractivity contribution in [2.24, 2.45) is 0 Å². The van der Waals surface area contributed by atoms with Crippen molar-refractivity contribution in [2.75, 3.05) is 12.3 Å². The first-order chi connectivity index (χ1) is 17.9. The highest BCUT2D eigenvalue weighted by molar-refractivity contribution is 6.32. The van der Waals surface area contributed by atoms with E-state index in [-0.39, 0.29) is 40.8 Å². The Labute approximate surface area is 216 Å². The molecule has 37 heavy (non-hydrogen) atoms. The molecule has 5 rings (SSSR count). The molecule has 1 fully saturated rings. The summed E-state index contributed by atoms with van der Waals surface area (Å²) in [5, 5.41) is 14.4. The zero-order chi connectivity index (χ0) is 26.3. The van der Waals surface area contributed by atoms with Gasteiger partial charge in [0.15, 0.2) is 5.82 Å². The van der Waals surface area contributed by atoms with Gasteiger partial charge in [0, 0.05) is 30.9 Å². The number of fused-ring (bicyclic) bond motifs is 2. The average Bonchev–Trinajstić information content (AvgIpc) is 3.60. The minimum Gasteiger partial charge on any atom is -0.383 e. The number of likely N-dealkylation sites (tertiary alicyclic amines) is 1. The van der Waals surface area contributed by atoms with Gasteiger partial charge in [0.05, 0.1) is 46.3 Å². The molecule has 0 spiro atoms. The number of hydrogen-bond donors (Lipinski definition) is 1. The Hall–Kier alpha value is -4.41. The van der Waals surface area contributed by atoms with Crippen LogP contribution in [0.3, 0.4) is 0 Å². The molecule has 1 aromatic carbocycles. The Morgan fingerprint density at radius 2 is 2.22 bits per heavy atom. The number of pyridine rings is 1. The summed E-state index contributed by atoms with van der Waals surface area (Å²) in [6.07, 6.45) is 5.12. The molecular weight excluding hydrogens is 495 g/mol. The number of nitrogen functional groups attached to an aromatic ring is 1. The standard InChI is InChI=1S/C26H22ClFN8O/c1-3-21(37)35-13-17(12-16(35)7-9-29)36-20-8-10-31-26(30)22(20)18(33-36)6-5-15-11-19-25(24(28)23(15)27)34(4-2)14-32-19/h3,8,10-11,14,16-17H,1,4,7,12-13H2,2H3,(H2,30,31)/t16-,17-/m0/s1. The van der Waals surface area contributed by atoms with Gasteiger partial charge < -0.3 is 15.2 Å². The third-order valence-electron chi connectivity index (χ3n) is 6.61. The SMILES string of the molecule is C=CC(=O)N1C[C@@H](n2nc(C#Cc3cc4ncn(CC)c4c(F)c3Cl)c3c(N)nccc32)C[C@@H]1CC#N. The third-order valence-corrected chi connectivity index (χ3v) is 6.98. The maximum absolute atomic E-state index is 15.0. The second-order valence-corrected chi connectivity index (χ2v) is 9.06. The molecule has 0 radical (unpaired) electrons. The van der Waals surface area contributed by atoms with Gasteiger partial charge in [-0.05, 0) is 37.5 Å². The lowest BCUT2D eigenvalue weighted by Gasteiger charge is -2.20. The molecule has 11 heteroatoms. The Morgan fingerprint density at radius 1 is 1.41 bits per heavy atom. The highest BCUT2D eigenvalue weighted by Crippen LogP contribution is 2.34. The molecule has 0 unspecified atom stereocenters. The van der Waals surface area contributed by atoms with E-state index >= 15 is 4.39 Å². The lowest BCUT2D eigenvalue weighted by molar-refractivity contribution is -0.126. The normalized spacial score (nSPS) is 17.1. The highest BCUT2D eigenvalue weighted by Gasteiger charge is 2.36. The second-order valence-electron chi connectivity index (χ2n) is 8.68. The number of aryl methyl sites for hydroxylation is 1. The van der Waals surface area contributed by atoms with E-state index in [1.807, 2.05) is 6.92 Å². The summed E-state index contributed by atoms with van der Waals surface area (Å²) in [7, 11) is 0. The van der Waals surface area contributed by atoms with Crippen LogP contribution in [0.1, 0.15) is 37.1 Å². The van der Waals surface area contributed by atoms with E-state index in [0.717, 1.165) is 0 Å². The summed E-state index contributed by atoms with van der Waals surface area (Å²) in [6, 6.07) is 5.10. The Morgan fingerprint density at radius 3 is 2.95 bits per heavy atom. The van der Waals surface area contributed by atoms with E-state index in [1.165, 1.54) is 6.08 Å². The maximum atomic E-state index is 15.0. The zero-order valence-electron chi connectivity index (χ0n) is 19.9. The molecule has 2 N–H and O–H groups in total. The number of hydrogen-bond acceptors (Lipinski definition) is 6. The van der Waals surface area contributed by atoms with Gasteiger partial charge in [-0.15, -0.1) is 0 Å². The average molecular weight is 517 g/mol. The van der Waals surface area contributed by atoms with Crippen LogP contribution >= 0.6 is 11.6 Å². The number of amides is 1. The number of carbonyl (C=O) groups is 1. The topological polar surface area (TPSA) is 119 Å². The number of nitriles is 1. The number of benzene rings is 1. The van der Waals surface area contributed by atoms with Crippen LogP contribution in [0.5, 0.6) is 0 Å². The van der Waals surface area contributed by atoms with Crippen LogP contribution in [0.25, 0.3) is 21.9 Å². The molecule has 0 aliphatic carbocycles. The quantitative estimate of drug-likeness (QED) is 0.325. The fraction of sp³-hybridized carbons (Fsp3) is 0.269. The van der Waals surface area contributed by atoms with Crippen molar-refractivity contribution >= 4 is 45.3 Å². The molecular formula is C26H22ClFN8O. The van der Waals surface area contributed by atoms with Crippen LogP contribution in [0.4, 0.5) is 10.2 Å². The summed E-state index contributed by atoms with van der Waals surface area (Å²) in [5.41, 5.74) is 8.30. The number of aromatic nitrogens is 5. The van der Waals surface area contributed by atoms with Gasteiger partial charge in [-0.2, -0.15) is 10.4 Å². The minimum atomic E-state index is -0.583. The largest absolute Gasteiger partial charge is 0.383 e. The molecule has 186 valence electrons. The van der Waals surface area contributed by atoms with Crippen molar-refractivity contribution < 1.29 is 9.18 Å². The predicted molar refractivity (Wildman–Crippen MR) is 138 cm³/mol. The van der Waals surface area contributed by atoms with E-state index in [2.05, 4.69) is 34.5 Å². The van der Waals surface area contributed by atoms with Gasteiger partial charge >= 0.3 is 0 Å². The maximum Gasteiger partial charge on any atom is 0.246 e. The van der Waals surface area contributed by atoms with Gasteiger partial charge in [-0.3, -0.25) is 9.48 Å². The first-order valence-corrected chi connectivity index (χ1v) is 12.0. The van der Waals surface area contributed by atoms with Gasteiger partial charge in [0.2, 0.25) is 5.91 Å². The number of anilines is 1. The lowest BCUT2D eigenvalue weighted by Crippen LogP contribution is -2.34. The van der Waals surface area contributed by atoms with E-state index < -0.39 is 5.82 Å². The second kappa shape index (κ2) is 9.57. The van der Waals surface area contributed by atoms with Crippen LogP contribution < -0.4 is 5.73 Å². The molecule has 4 aromatic rings. The Balaban J connectivity index is 1.59. The van der Waals surface area contributed by atoms with Crippen molar-refractivity contribution in [1.29, 1.82) is 5.26 Å². The Kier molecular flexibility index (Phi) is 6.28. The lowest BCUT2D eigenvalue weighted by atomic mass is 10.1. The van der Waals surface area contributed by atoms with Gasteiger partial charge in [0.1, 0.15) is 17.0 Å². The van der Waals surface area contributed by atoms with E-state index in [4.69, 9.17) is 22.4 Å². The molecule has 1 saturated heterocycles. The van der Waals surface area contributed by atoms with Gasteiger partial charge in [0.25, 0.3) is 0 Å².